The van der Waals surface area contributed by atoms with Gasteiger partial charge in [0.2, 0.25) is 0 Å². The van der Waals surface area contributed by atoms with Crippen LogP contribution in [0, 0.1) is 12.8 Å². The smallest absolute Gasteiger partial charge is 0.159 e. The zero-order valence-corrected chi connectivity index (χ0v) is 14.2. The molecule has 0 aliphatic heterocycles. The van der Waals surface area contributed by atoms with Crippen molar-refractivity contribution in [1.82, 2.24) is 19.3 Å². The highest BCUT2D eigenvalue weighted by atomic mass is 35.5. The Labute approximate surface area is 131 Å². The van der Waals surface area contributed by atoms with Gasteiger partial charge in [0.25, 0.3) is 0 Å². The minimum Gasteiger partial charge on any atom is -0.309 e. The Morgan fingerprint density at radius 3 is 2.52 bits per heavy atom. The molecule has 0 aromatic carbocycles. The van der Waals surface area contributed by atoms with E-state index < -0.39 is 0 Å². The van der Waals surface area contributed by atoms with E-state index in [2.05, 4.69) is 28.2 Å². The van der Waals surface area contributed by atoms with Gasteiger partial charge in [0.15, 0.2) is 5.65 Å². The van der Waals surface area contributed by atoms with Crippen LogP contribution in [-0.2, 0) is 6.54 Å². The number of fused-ring (bicyclic) bond motifs is 1. The van der Waals surface area contributed by atoms with Gasteiger partial charge in [0.1, 0.15) is 11.3 Å². The summed E-state index contributed by atoms with van der Waals surface area (Å²) < 4.78 is 4.44. The Hall–Kier alpha value is -1.03. The lowest BCUT2D eigenvalue weighted by atomic mass is 9.99. The van der Waals surface area contributed by atoms with E-state index in [0.717, 1.165) is 35.1 Å². The number of imidazole rings is 1. The Morgan fingerprint density at radius 1 is 1.29 bits per heavy atom. The molecule has 1 aliphatic rings. The molecular weight excluding hydrogens is 284 g/mol. The summed E-state index contributed by atoms with van der Waals surface area (Å²) in [5.74, 6) is 1.73. The van der Waals surface area contributed by atoms with Crippen molar-refractivity contribution in [2.24, 2.45) is 5.92 Å². The van der Waals surface area contributed by atoms with Crippen molar-refractivity contribution >= 4 is 22.8 Å². The third-order valence-electron chi connectivity index (χ3n) is 4.92. The topological polar surface area (TPSA) is 35.6 Å². The monoisotopic (exact) mass is 308 g/mol. The highest BCUT2D eigenvalue weighted by Gasteiger charge is 2.29. The fourth-order valence-electron chi connectivity index (χ4n) is 3.76. The summed E-state index contributed by atoms with van der Waals surface area (Å²) in [5, 5.41) is 4.55. The van der Waals surface area contributed by atoms with Crippen molar-refractivity contribution in [3.63, 3.8) is 0 Å². The van der Waals surface area contributed by atoms with Gasteiger partial charge in [0, 0.05) is 12.6 Å². The Kier molecular flexibility index (Phi) is 4.00. The molecule has 0 radical (unpaired) electrons. The molecule has 0 spiro atoms. The maximum Gasteiger partial charge on any atom is 0.159 e. The van der Waals surface area contributed by atoms with Gasteiger partial charge in [-0.15, -0.1) is 11.6 Å². The van der Waals surface area contributed by atoms with Gasteiger partial charge in [-0.25, -0.2) is 9.67 Å². The fraction of sp³-hybridized carbons (Fsp3) is 0.750. The van der Waals surface area contributed by atoms with Crippen molar-refractivity contribution in [2.45, 2.75) is 71.3 Å². The van der Waals surface area contributed by atoms with Gasteiger partial charge in [-0.05, 0) is 46.5 Å². The van der Waals surface area contributed by atoms with E-state index in [1.165, 1.54) is 25.7 Å². The van der Waals surface area contributed by atoms with Crippen molar-refractivity contribution < 1.29 is 0 Å². The predicted octanol–water partition coefficient (Wildman–Crippen LogP) is 4.61. The molecule has 2 atom stereocenters. The van der Waals surface area contributed by atoms with Crippen LogP contribution in [0.3, 0.4) is 0 Å². The molecule has 2 unspecified atom stereocenters. The molecule has 1 saturated carbocycles. The molecule has 116 valence electrons. The zero-order chi connectivity index (χ0) is 15.1. The van der Waals surface area contributed by atoms with Crippen LogP contribution in [0.4, 0.5) is 0 Å². The summed E-state index contributed by atoms with van der Waals surface area (Å²) in [6.07, 6.45) is 5.34. The van der Waals surface area contributed by atoms with Gasteiger partial charge in [-0.3, -0.25) is 0 Å². The normalized spacial score (nSPS) is 19.5. The number of hydrogen-bond donors (Lipinski definition) is 0. The number of hydrogen-bond acceptors (Lipinski definition) is 2. The Balaban J connectivity index is 2.19. The average molecular weight is 309 g/mol. The Morgan fingerprint density at radius 2 is 1.95 bits per heavy atom. The van der Waals surface area contributed by atoms with Gasteiger partial charge in [0.05, 0.1) is 11.1 Å². The fourth-order valence-corrected chi connectivity index (χ4v) is 3.91. The van der Waals surface area contributed by atoms with Crippen molar-refractivity contribution in [2.75, 3.05) is 0 Å². The minimum atomic E-state index is -0.0778. The zero-order valence-electron chi connectivity index (χ0n) is 13.4. The number of nitrogens with zero attached hydrogens (tertiary/aromatic N) is 4. The number of aromatic nitrogens is 4. The first-order valence-electron chi connectivity index (χ1n) is 8.13. The molecule has 3 rings (SSSR count). The second-order valence-corrected chi connectivity index (χ2v) is 6.97. The van der Waals surface area contributed by atoms with E-state index >= 15 is 0 Å². The lowest BCUT2D eigenvalue weighted by Crippen LogP contribution is -2.19. The van der Waals surface area contributed by atoms with Crippen LogP contribution in [0.5, 0.6) is 0 Å². The maximum absolute atomic E-state index is 6.42. The average Bonchev–Trinajstić information content (AvgIpc) is 3.14. The molecule has 0 amide bonds. The molecule has 2 heterocycles. The van der Waals surface area contributed by atoms with Gasteiger partial charge < -0.3 is 4.57 Å². The number of alkyl halides is 1. The first kappa shape index (κ1) is 14.9. The SMILES string of the molecule is CCn1nc(C)c2nc(C(C)Cl)n(C(C)C3CCCC3)c21. The molecule has 1 fully saturated rings. The second-order valence-electron chi connectivity index (χ2n) is 6.31. The largest absolute Gasteiger partial charge is 0.309 e. The molecule has 2 aromatic heterocycles. The molecule has 1 aliphatic carbocycles. The summed E-state index contributed by atoms with van der Waals surface area (Å²) in [6, 6.07) is 0.440. The van der Waals surface area contributed by atoms with E-state index in [4.69, 9.17) is 16.6 Å². The van der Waals surface area contributed by atoms with Crippen LogP contribution < -0.4 is 0 Å². The van der Waals surface area contributed by atoms with Crippen LogP contribution in [0.1, 0.15) is 69.4 Å². The summed E-state index contributed by atoms with van der Waals surface area (Å²) in [7, 11) is 0. The third kappa shape index (κ3) is 2.37. The third-order valence-corrected chi connectivity index (χ3v) is 5.11. The van der Waals surface area contributed by atoms with Crippen LogP contribution in [0.25, 0.3) is 11.2 Å². The van der Waals surface area contributed by atoms with E-state index in [9.17, 15) is 0 Å². The quantitative estimate of drug-likeness (QED) is 0.773. The first-order valence-corrected chi connectivity index (χ1v) is 8.57. The molecule has 0 saturated heterocycles. The molecular formula is C16H25ClN4. The summed E-state index contributed by atoms with van der Waals surface area (Å²) in [5.41, 5.74) is 3.17. The van der Waals surface area contributed by atoms with Crippen molar-refractivity contribution in [3.8, 4) is 0 Å². The predicted molar refractivity (Wildman–Crippen MR) is 86.9 cm³/mol. The highest BCUT2D eigenvalue weighted by molar-refractivity contribution is 6.20. The van der Waals surface area contributed by atoms with Crippen LogP contribution in [0.15, 0.2) is 0 Å². The van der Waals surface area contributed by atoms with E-state index in [-0.39, 0.29) is 5.38 Å². The summed E-state index contributed by atoms with van der Waals surface area (Å²) in [6.45, 7) is 9.37. The lowest BCUT2D eigenvalue weighted by molar-refractivity contribution is 0.355. The molecule has 0 bridgehead atoms. The van der Waals surface area contributed by atoms with Crippen LogP contribution in [-0.4, -0.2) is 19.3 Å². The van der Waals surface area contributed by atoms with E-state index in [1.807, 2.05) is 13.8 Å². The van der Waals surface area contributed by atoms with Gasteiger partial charge >= 0.3 is 0 Å². The lowest BCUT2D eigenvalue weighted by Gasteiger charge is -2.24. The maximum atomic E-state index is 6.42. The second kappa shape index (κ2) is 5.64. The minimum absolute atomic E-state index is 0.0778. The molecule has 4 nitrogen and oxygen atoms in total. The van der Waals surface area contributed by atoms with Crippen molar-refractivity contribution in [1.29, 1.82) is 0 Å². The summed E-state index contributed by atoms with van der Waals surface area (Å²) in [4.78, 5) is 4.82. The molecule has 5 heteroatoms. The molecule has 21 heavy (non-hydrogen) atoms. The van der Waals surface area contributed by atoms with Crippen molar-refractivity contribution in [3.05, 3.63) is 11.5 Å². The highest BCUT2D eigenvalue weighted by Crippen LogP contribution is 2.38. The number of rotatable bonds is 4. The van der Waals surface area contributed by atoms with Crippen LogP contribution in [0.2, 0.25) is 0 Å². The molecule has 2 aromatic rings. The summed E-state index contributed by atoms with van der Waals surface area (Å²) >= 11 is 6.42. The number of aryl methyl sites for hydroxylation is 2. The van der Waals surface area contributed by atoms with E-state index in [1.54, 1.807) is 0 Å². The first-order chi connectivity index (χ1) is 10.0. The van der Waals surface area contributed by atoms with Crippen LogP contribution >= 0.6 is 11.6 Å². The van der Waals surface area contributed by atoms with Gasteiger partial charge in [-0.2, -0.15) is 5.10 Å². The number of halogens is 1. The molecule has 0 N–H and O–H groups in total. The van der Waals surface area contributed by atoms with Gasteiger partial charge in [-0.1, -0.05) is 12.8 Å². The standard InChI is InChI=1S/C16H25ClN4/c1-5-20-16-14(11(3)19-20)18-15(10(2)17)21(16)12(4)13-8-6-7-9-13/h10,12-13H,5-9H2,1-4H3. The van der Waals surface area contributed by atoms with E-state index in [0.29, 0.717) is 6.04 Å². The Bertz CT molecular complexity index is 634.